The van der Waals surface area contributed by atoms with Crippen molar-refractivity contribution in [2.45, 2.75) is 6.92 Å². The van der Waals surface area contributed by atoms with Gasteiger partial charge in [-0.25, -0.2) is 0 Å². The van der Waals surface area contributed by atoms with Crippen molar-refractivity contribution in [2.75, 3.05) is 25.3 Å². The van der Waals surface area contributed by atoms with Crippen molar-refractivity contribution in [2.24, 2.45) is 0 Å². The first-order chi connectivity index (χ1) is 15.9. The zero-order valence-corrected chi connectivity index (χ0v) is 19.1. The molecule has 0 aliphatic carbocycles. The van der Waals surface area contributed by atoms with Crippen molar-refractivity contribution in [3.05, 3.63) is 82.4 Å². The molecule has 0 saturated heterocycles. The zero-order chi connectivity index (χ0) is 23.7. The maximum atomic E-state index is 13.5. The van der Waals surface area contributed by atoms with Crippen molar-refractivity contribution in [3.63, 3.8) is 0 Å². The molecule has 0 radical (unpaired) electrons. The quantitative estimate of drug-likeness (QED) is 0.427. The first-order valence-corrected chi connectivity index (χ1v) is 10.5. The third-order valence-corrected chi connectivity index (χ3v) is 5.90. The molecule has 1 heterocycles. The summed E-state index contributed by atoms with van der Waals surface area (Å²) in [5, 5.41) is 3.95. The minimum Gasteiger partial charge on any atom is -0.493 e. The Morgan fingerprint density at radius 2 is 1.70 bits per heavy atom. The number of carbonyl (C=O) groups excluding carboxylic acids is 2. The van der Waals surface area contributed by atoms with Gasteiger partial charge in [-0.1, -0.05) is 35.9 Å². The number of para-hydroxylation sites is 1. The van der Waals surface area contributed by atoms with Crippen LogP contribution in [-0.2, 0) is 0 Å². The summed E-state index contributed by atoms with van der Waals surface area (Å²) < 4.78 is 11.9. The molecule has 4 aromatic rings. The van der Waals surface area contributed by atoms with Crippen LogP contribution in [0.2, 0.25) is 5.02 Å². The second-order valence-electron chi connectivity index (χ2n) is 7.35. The van der Waals surface area contributed by atoms with E-state index in [4.69, 9.17) is 26.8 Å². The van der Waals surface area contributed by atoms with Gasteiger partial charge in [0.1, 0.15) is 5.82 Å². The van der Waals surface area contributed by atoms with E-state index in [-0.39, 0.29) is 11.4 Å². The monoisotopic (exact) mass is 463 g/mol. The Hall–Kier alpha value is -3.97. The minimum atomic E-state index is -0.437. The Morgan fingerprint density at radius 3 is 2.42 bits per heavy atom. The van der Waals surface area contributed by atoms with Crippen molar-refractivity contribution >= 4 is 45.8 Å². The van der Waals surface area contributed by atoms with Gasteiger partial charge < -0.3 is 20.5 Å². The summed E-state index contributed by atoms with van der Waals surface area (Å²) in [6.45, 7) is 1.81. The van der Waals surface area contributed by atoms with E-state index in [0.29, 0.717) is 38.7 Å². The molecule has 3 aromatic carbocycles. The smallest absolute Gasteiger partial charge is 0.264 e. The summed E-state index contributed by atoms with van der Waals surface area (Å²) in [6, 6.07) is 17.1. The summed E-state index contributed by atoms with van der Waals surface area (Å²) in [6.07, 6.45) is 0. The molecule has 0 unspecified atom stereocenters. The minimum absolute atomic E-state index is 0.0353. The van der Waals surface area contributed by atoms with E-state index in [2.05, 4.69) is 5.32 Å². The molecule has 33 heavy (non-hydrogen) atoms. The van der Waals surface area contributed by atoms with E-state index in [1.54, 1.807) is 60.7 Å². The highest BCUT2D eigenvalue weighted by molar-refractivity contribution is 6.32. The summed E-state index contributed by atoms with van der Waals surface area (Å²) in [5.74, 6) is 0.104. The van der Waals surface area contributed by atoms with E-state index in [9.17, 15) is 9.59 Å². The van der Waals surface area contributed by atoms with Crippen molar-refractivity contribution in [1.82, 2.24) is 4.57 Å². The number of methoxy groups -OCH3 is 2. The fourth-order valence-corrected chi connectivity index (χ4v) is 3.92. The zero-order valence-electron chi connectivity index (χ0n) is 18.3. The Balaban J connectivity index is 1.82. The molecular formula is C25H22ClN3O4. The average molecular weight is 464 g/mol. The fraction of sp³-hybridized carbons (Fsp3) is 0.120. The van der Waals surface area contributed by atoms with Crippen LogP contribution in [0.15, 0.2) is 60.7 Å². The number of nitrogen functional groups attached to an aromatic ring is 1. The van der Waals surface area contributed by atoms with Crippen molar-refractivity contribution in [3.8, 4) is 11.5 Å². The third kappa shape index (κ3) is 3.87. The number of nitrogens with zero attached hydrogens (tertiary/aromatic N) is 1. The summed E-state index contributed by atoms with van der Waals surface area (Å²) in [7, 11) is 3.01. The van der Waals surface area contributed by atoms with E-state index in [1.807, 2.05) is 6.92 Å². The van der Waals surface area contributed by atoms with Crippen LogP contribution in [0.5, 0.6) is 11.5 Å². The molecule has 0 spiro atoms. The maximum absolute atomic E-state index is 13.5. The van der Waals surface area contributed by atoms with Gasteiger partial charge in [-0.05, 0) is 48.9 Å². The van der Waals surface area contributed by atoms with Gasteiger partial charge in [-0.2, -0.15) is 0 Å². The first kappa shape index (κ1) is 22.2. The second-order valence-corrected chi connectivity index (χ2v) is 7.76. The van der Waals surface area contributed by atoms with Crippen LogP contribution in [-0.4, -0.2) is 30.6 Å². The van der Waals surface area contributed by atoms with Crippen LogP contribution >= 0.6 is 11.6 Å². The molecule has 0 bridgehead atoms. The molecule has 1 aromatic heterocycles. The Kier molecular flexibility index (Phi) is 5.98. The van der Waals surface area contributed by atoms with E-state index < -0.39 is 11.8 Å². The molecule has 0 aliphatic rings. The standard InChI is InChI=1S/C25H22ClN3O4/c1-14-17(26)8-6-9-18(14)28-24(30)22-16-7-4-5-10-19(16)29(23(22)27)25(31)15-11-12-20(32-2)21(13-15)33-3/h4-13H,27H2,1-3H3,(H,28,30). The van der Waals surface area contributed by atoms with E-state index in [1.165, 1.54) is 18.8 Å². The van der Waals surface area contributed by atoms with Gasteiger partial charge in [0, 0.05) is 21.7 Å². The topological polar surface area (TPSA) is 95.6 Å². The molecule has 168 valence electrons. The molecule has 8 heteroatoms. The molecule has 7 nitrogen and oxygen atoms in total. The van der Waals surface area contributed by atoms with Crippen LogP contribution < -0.4 is 20.5 Å². The number of hydrogen-bond donors (Lipinski definition) is 2. The predicted octanol–water partition coefficient (Wildman–Crippen LogP) is 5.14. The average Bonchev–Trinajstić information content (AvgIpc) is 3.12. The van der Waals surface area contributed by atoms with E-state index in [0.717, 1.165) is 5.56 Å². The van der Waals surface area contributed by atoms with Crippen molar-refractivity contribution < 1.29 is 19.1 Å². The highest BCUT2D eigenvalue weighted by Gasteiger charge is 2.25. The SMILES string of the molecule is COc1ccc(C(=O)n2c(N)c(C(=O)Nc3cccc(Cl)c3C)c3ccccc32)cc1OC. The van der Waals surface area contributed by atoms with Crippen LogP contribution in [0.3, 0.4) is 0 Å². The number of nitrogens with one attached hydrogen (secondary N) is 1. The summed E-state index contributed by atoms with van der Waals surface area (Å²) >= 11 is 6.19. The number of nitrogens with two attached hydrogens (primary N) is 1. The number of anilines is 2. The normalized spacial score (nSPS) is 10.8. The second kappa shape index (κ2) is 8.88. The third-order valence-electron chi connectivity index (χ3n) is 5.49. The number of hydrogen-bond acceptors (Lipinski definition) is 5. The van der Waals surface area contributed by atoms with Crippen molar-refractivity contribution in [1.29, 1.82) is 0 Å². The van der Waals surface area contributed by atoms with Gasteiger partial charge >= 0.3 is 0 Å². The molecule has 0 saturated carbocycles. The van der Waals surface area contributed by atoms with Gasteiger partial charge in [-0.3, -0.25) is 14.2 Å². The predicted molar refractivity (Wildman–Crippen MR) is 130 cm³/mol. The van der Waals surface area contributed by atoms with Crippen LogP contribution in [0.4, 0.5) is 11.5 Å². The molecule has 1 amide bonds. The number of halogens is 1. The molecular weight excluding hydrogens is 442 g/mol. The lowest BCUT2D eigenvalue weighted by atomic mass is 10.1. The number of rotatable bonds is 5. The largest absolute Gasteiger partial charge is 0.493 e. The van der Waals surface area contributed by atoms with Crippen LogP contribution in [0.1, 0.15) is 26.3 Å². The Morgan fingerprint density at radius 1 is 0.970 bits per heavy atom. The molecule has 0 atom stereocenters. The van der Waals surface area contributed by atoms with Gasteiger partial charge in [0.2, 0.25) is 0 Å². The summed E-state index contributed by atoms with van der Waals surface area (Å²) in [4.78, 5) is 26.8. The lowest BCUT2D eigenvalue weighted by Crippen LogP contribution is -2.18. The maximum Gasteiger partial charge on any atom is 0.264 e. The van der Waals surface area contributed by atoms with Gasteiger partial charge in [0.05, 0.1) is 25.3 Å². The Bertz CT molecular complexity index is 1390. The van der Waals surface area contributed by atoms with E-state index >= 15 is 0 Å². The number of ether oxygens (including phenoxy) is 2. The lowest BCUT2D eigenvalue weighted by molar-refractivity contribution is 0.0967. The van der Waals surface area contributed by atoms with Crippen LogP contribution in [0.25, 0.3) is 10.9 Å². The van der Waals surface area contributed by atoms with Gasteiger partial charge in [0.25, 0.3) is 11.8 Å². The Labute approximate surface area is 195 Å². The first-order valence-electron chi connectivity index (χ1n) is 10.1. The molecule has 0 aliphatic heterocycles. The molecule has 4 rings (SSSR count). The molecule has 0 fully saturated rings. The fourth-order valence-electron chi connectivity index (χ4n) is 3.74. The number of benzene rings is 3. The number of carbonyl (C=O) groups is 2. The number of fused-ring (bicyclic) bond motifs is 1. The lowest BCUT2D eigenvalue weighted by Gasteiger charge is -2.11. The highest BCUT2D eigenvalue weighted by Crippen LogP contribution is 2.33. The number of aromatic nitrogens is 1. The van der Waals surface area contributed by atoms with Gasteiger partial charge in [-0.15, -0.1) is 0 Å². The number of amides is 1. The molecule has 3 N–H and O–H groups in total. The summed E-state index contributed by atoms with van der Waals surface area (Å²) in [5.41, 5.74) is 8.76. The van der Waals surface area contributed by atoms with Crippen LogP contribution in [0, 0.1) is 6.92 Å². The van der Waals surface area contributed by atoms with Gasteiger partial charge in [0.15, 0.2) is 11.5 Å². The highest BCUT2D eigenvalue weighted by atomic mass is 35.5.